The van der Waals surface area contributed by atoms with Crippen molar-refractivity contribution in [3.8, 4) is 5.75 Å². The van der Waals surface area contributed by atoms with E-state index in [-0.39, 0.29) is 16.9 Å². The van der Waals surface area contributed by atoms with Crippen LogP contribution in [0.4, 0.5) is 18.9 Å². The van der Waals surface area contributed by atoms with E-state index in [1.165, 1.54) is 13.2 Å². The zero-order chi connectivity index (χ0) is 19.1. The molecule has 0 aliphatic heterocycles. The van der Waals surface area contributed by atoms with Crippen molar-refractivity contribution in [3.05, 3.63) is 39.1 Å². The second kappa shape index (κ2) is 7.11. The van der Waals surface area contributed by atoms with Crippen molar-refractivity contribution in [1.82, 2.24) is 9.78 Å². The fraction of sp³-hybridized carbons (Fsp3) is 0.375. The molecule has 140 valence electrons. The molecule has 26 heavy (non-hydrogen) atoms. The van der Waals surface area contributed by atoms with Crippen LogP contribution in [0.5, 0.6) is 5.75 Å². The number of hydrogen-bond acceptors (Lipinski definition) is 3. The first-order chi connectivity index (χ1) is 12.2. The Balaban J connectivity index is 1.85. The fourth-order valence-corrected chi connectivity index (χ4v) is 3.61. The van der Waals surface area contributed by atoms with Gasteiger partial charge in [0.15, 0.2) is 5.69 Å². The molecule has 10 heteroatoms. The van der Waals surface area contributed by atoms with Gasteiger partial charge in [-0.2, -0.15) is 18.3 Å². The number of alkyl halides is 3. The summed E-state index contributed by atoms with van der Waals surface area (Å²) in [6.07, 6.45) is -3.06. The van der Waals surface area contributed by atoms with E-state index in [9.17, 15) is 18.0 Å². The summed E-state index contributed by atoms with van der Waals surface area (Å²) in [4.78, 5) is 12.4. The lowest BCUT2D eigenvalue weighted by Gasteiger charge is -2.11. The van der Waals surface area contributed by atoms with Crippen LogP contribution < -0.4 is 10.1 Å². The average Bonchev–Trinajstić information content (AvgIpc) is 3.31. The summed E-state index contributed by atoms with van der Waals surface area (Å²) in [5.41, 5.74) is -0.293. The number of ether oxygens (including phenoxy) is 1. The molecule has 1 fully saturated rings. The number of amides is 1. The predicted octanol–water partition coefficient (Wildman–Crippen LogP) is 4.84. The summed E-state index contributed by atoms with van der Waals surface area (Å²) in [5, 5.41) is 6.60. The van der Waals surface area contributed by atoms with Gasteiger partial charge in [0, 0.05) is 10.9 Å². The Bertz CT molecular complexity index is 850. The zero-order valence-electron chi connectivity index (χ0n) is 13.5. The number of carbonyl (C=O) groups is 1. The predicted molar refractivity (Wildman–Crippen MR) is 93.5 cm³/mol. The molecule has 0 bridgehead atoms. The molecule has 1 aliphatic rings. The molecule has 1 amide bonds. The summed E-state index contributed by atoms with van der Waals surface area (Å²) in [7, 11) is 1.43. The van der Waals surface area contributed by atoms with Gasteiger partial charge in [0.1, 0.15) is 12.3 Å². The van der Waals surface area contributed by atoms with Gasteiger partial charge in [-0.25, -0.2) is 0 Å². The molecule has 0 saturated heterocycles. The molecular formula is C16H14BrClF3N3O2. The van der Waals surface area contributed by atoms with Gasteiger partial charge < -0.3 is 10.1 Å². The lowest BCUT2D eigenvalue weighted by Crippen LogP contribution is -2.21. The number of rotatable bonds is 5. The fourth-order valence-electron chi connectivity index (χ4n) is 2.61. The molecule has 0 radical (unpaired) electrons. The molecule has 2 aromatic rings. The van der Waals surface area contributed by atoms with Crippen LogP contribution in [-0.2, 0) is 17.5 Å². The van der Waals surface area contributed by atoms with Crippen LogP contribution in [-0.4, -0.2) is 22.8 Å². The first kappa shape index (κ1) is 19.0. The third-order valence-electron chi connectivity index (χ3n) is 3.89. The first-order valence-corrected chi connectivity index (χ1v) is 8.84. The Morgan fingerprint density at radius 2 is 2.15 bits per heavy atom. The number of hydrogen-bond donors (Lipinski definition) is 1. The van der Waals surface area contributed by atoms with Crippen LogP contribution in [0.1, 0.15) is 30.1 Å². The number of halogens is 5. The second-order valence-electron chi connectivity index (χ2n) is 5.87. The number of methoxy groups -OCH3 is 1. The Labute approximate surface area is 160 Å². The highest BCUT2D eigenvalue weighted by Gasteiger charge is 2.41. The van der Waals surface area contributed by atoms with Crippen molar-refractivity contribution in [3.63, 3.8) is 0 Å². The van der Waals surface area contributed by atoms with E-state index >= 15 is 0 Å². The van der Waals surface area contributed by atoms with E-state index in [1.54, 1.807) is 12.1 Å². The Morgan fingerprint density at radius 1 is 1.46 bits per heavy atom. The molecule has 1 aliphatic carbocycles. The number of aromatic nitrogens is 2. The number of carbonyl (C=O) groups excluding carboxylic acids is 1. The molecule has 0 unspecified atom stereocenters. The van der Waals surface area contributed by atoms with Crippen LogP contribution in [0, 0.1) is 0 Å². The van der Waals surface area contributed by atoms with Crippen molar-refractivity contribution < 1.29 is 22.7 Å². The molecule has 0 spiro atoms. The normalized spacial score (nSPS) is 14.4. The van der Waals surface area contributed by atoms with E-state index in [0.29, 0.717) is 22.2 Å². The van der Waals surface area contributed by atoms with Crippen LogP contribution in [0.3, 0.4) is 0 Å². The van der Waals surface area contributed by atoms with E-state index in [2.05, 4.69) is 26.3 Å². The largest absolute Gasteiger partial charge is 0.495 e. The summed E-state index contributed by atoms with van der Waals surface area (Å²) in [6, 6.07) is 4.68. The van der Waals surface area contributed by atoms with Crippen molar-refractivity contribution >= 4 is 39.1 Å². The van der Waals surface area contributed by atoms with Gasteiger partial charge in [0.25, 0.3) is 0 Å². The maximum atomic E-state index is 13.1. The van der Waals surface area contributed by atoms with E-state index in [4.69, 9.17) is 16.3 Å². The van der Waals surface area contributed by atoms with Gasteiger partial charge in [-0.3, -0.25) is 9.48 Å². The third-order valence-corrected chi connectivity index (χ3v) is 4.91. The van der Waals surface area contributed by atoms with Crippen LogP contribution >= 0.6 is 27.5 Å². The average molecular weight is 453 g/mol. The second-order valence-corrected chi connectivity index (χ2v) is 7.10. The third kappa shape index (κ3) is 3.98. The van der Waals surface area contributed by atoms with Gasteiger partial charge >= 0.3 is 6.18 Å². The first-order valence-electron chi connectivity index (χ1n) is 7.67. The van der Waals surface area contributed by atoms with Gasteiger partial charge in [-0.15, -0.1) is 0 Å². The molecule has 3 rings (SSSR count). The summed E-state index contributed by atoms with van der Waals surface area (Å²) < 4.78 is 45.5. The Kier molecular flexibility index (Phi) is 5.21. The van der Waals surface area contributed by atoms with Gasteiger partial charge in [0.2, 0.25) is 5.91 Å². The molecule has 1 N–H and O–H groups in total. The van der Waals surface area contributed by atoms with Crippen LogP contribution in [0.2, 0.25) is 5.02 Å². The highest BCUT2D eigenvalue weighted by Crippen LogP contribution is 2.47. The lowest BCUT2D eigenvalue weighted by molar-refractivity contribution is -0.142. The zero-order valence-corrected chi connectivity index (χ0v) is 15.9. The molecule has 5 nitrogen and oxygen atoms in total. The number of anilines is 1. The minimum Gasteiger partial charge on any atom is -0.495 e. The highest BCUT2D eigenvalue weighted by molar-refractivity contribution is 9.10. The highest BCUT2D eigenvalue weighted by atomic mass is 79.9. The summed E-state index contributed by atoms with van der Waals surface area (Å²) in [6.45, 7) is -0.351. The smallest absolute Gasteiger partial charge is 0.436 e. The van der Waals surface area contributed by atoms with E-state index in [1.807, 2.05) is 0 Å². The van der Waals surface area contributed by atoms with Gasteiger partial charge in [-0.05, 0) is 47.0 Å². The molecule has 0 atom stereocenters. The number of nitrogens with one attached hydrogen (secondary N) is 1. The van der Waals surface area contributed by atoms with E-state index in [0.717, 1.165) is 17.5 Å². The van der Waals surface area contributed by atoms with Gasteiger partial charge in [-0.1, -0.05) is 11.6 Å². The van der Waals surface area contributed by atoms with Crippen molar-refractivity contribution in [2.75, 3.05) is 12.4 Å². The van der Waals surface area contributed by atoms with Crippen molar-refractivity contribution in [1.29, 1.82) is 0 Å². The van der Waals surface area contributed by atoms with E-state index < -0.39 is 17.8 Å². The lowest BCUT2D eigenvalue weighted by atomic mass is 10.2. The number of nitrogens with zero attached hydrogens (tertiary/aromatic N) is 2. The molecule has 1 aromatic heterocycles. The maximum Gasteiger partial charge on any atom is 0.436 e. The maximum absolute atomic E-state index is 13.1. The topological polar surface area (TPSA) is 56.1 Å². The van der Waals surface area contributed by atoms with Gasteiger partial charge in [0.05, 0.1) is 23.0 Å². The molecule has 1 heterocycles. The van der Waals surface area contributed by atoms with Crippen molar-refractivity contribution in [2.45, 2.75) is 31.5 Å². The molecule has 1 saturated carbocycles. The summed E-state index contributed by atoms with van der Waals surface area (Å²) in [5.74, 6) is -0.166. The van der Waals surface area contributed by atoms with Crippen LogP contribution in [0.25, 0.3) is 0 Å². The Morgan fingerprint density at radius 3 is 2.73 bits per heavy atom. The summed E-state index contributed by atoms with van der Waals surface area (Å²) >= 11 is 8.91. The minimum absolute atomic E-state index is 0.0264. The molecular weight excluding hydrogens is 439 g/mol. The minimum atomic E-state index is -4.60. The standard InChI is InChI=1S/C16H14BrClF3N3O2/c1-26-11-5-4-9(18)6-10(11)22-12(25)7-24-14(8-2-3-8)13(17)15(23-24)16(19,20)21/h4-6,8H,2-3,7H2,1H3,(H,22,25). The molecule has 1 aromatic carbocycles. The quantitative estimate of drug-likeness (QED) is 0.706. The monoisotopic (exact) mass is 451 g/mol. The Hall–Kier alpha value is -1.74. The van der Waals surface area contributed by atoms with Crippen molar-refractivity contribution in [2.24, 2.45) is 0 Å². The SMILES string of the molecule is COc1ccc(Cl)cc1NC(=O)Cn1nc(C(F)(F)F)c(Br)c1C1CC1. The van der Waals surface area contributed by atoms with Crippen LogP contribution in [0.15, 0.2) is 22.7 Å². The number of benzene rings is 1.